The van der Waals surface area contributed by atoms with Crippen LogP contribution in [0.2, 0.25) is 0 Å². The van der Waals surface area contributed by atoms with Gasteiger partial charge < -0.3 is 9.84 Å². The molecule has 0 atom stereocenters. The smallest absolute Gasteiger partial charge is 0.336 e. The average molecular weight is 251 g/mol. The van der Waals surface area contributed by atoms with Gasteiger partial charge in [-0.2, -0.15) is 0 Å². The second-order valence-electron chi connectivity index (χ2n) is 4.62. The second-order valence-corrected chi connectivity index (χ2v) is 4.62. The predicted octanol–water partition coefficient (Wildman–Crippen LogP) is 2.24. The number of rotatable bonds is 7. The molecule has 0 spiro atoms. The summed E-state index contributed by atoms with van der Waals surface area (Å²) < 4.78 is 5.47. The summed E-state index contributed by atoms with van der Waals surface area (Å²) in [6.07, 6.45) is 0.227. The Balaban J connectivity index is 2.53. The highest BCUT2D eigenvalue weighted by molar-refractivity contribution is 5.89. The molecule has 0 radical (unpaired) electrons. The molecule has 0 fully saturated rings. The van der Waals surface area contributed by atoms with E-state index in [0.29, 0.717) is 18.7 Å². The summed E-state index contributed by atoms with van der Waals surface area (Å²) in [6, 6.07) is 7.09. The quantitative estimate of drug-likeness (QED) is 0.807. The Morgan fingerprint density at radius 1 is 1.39 bits per heavy atom. The Morgan fingerprint density at radius 3 is 2.67 bits per heavy atom. The molecule has 0 aliphatic rings. The van der Waals surface area contributed by atoms with E-state index in [4.69, 9.17) is 9.84 Å². The Labute approximate surface area is 108 Å². The fourth-order valence-electron chi connectivity index (χ4n) is 1.68. The summed E-state index contributed by atoms with van der Waals surface area (Å²) in [7, 11) is 1.96. The number of ether oxygens (including phenoxy) is 1. The van der Waals surface area contributed by atoms with E-state index in [0.717, 1.165) is 12.1 Å². The van der Waals surface area contributed by atoms with E-state index in [1.807, 2.05) is 33.0 Å². The normalized spacial score (nSPS) is 11.2. The number of likely N-dealkylation sites (N-methyl/N-ethyl adjacent to an activating group) is 1. The van der Waals surface area contributed by atoms with Crippen LogP contribution in [0.5, 0.6) is 0 Å². The number of carbonyl (C=O) groups is 1. The van der Waals surface area contributed by atoms with Crippen LogP contribution >= 0.6 is 0 Å². The lowest BCUT2D eigenvalue weighted by molar-refractivity contribution is 0.0624. The van der Waals surface area contributed by atoms with Crippen LogP contribution in [0.25, 0.3) is 0 Å². The number of carboxylic acid groups (broad SMARTS) is 1. The highest BCUT2D eigenvalue weighted by atomic mass is 16.5. The summed E-state index contributed by atoms with van der Waals surface area (Å²) in [5.74, 6) is -0.877. The molecule has 0 unspecified atom stereocenters. The van der Waals surface area contributed by atoms with Gasteiger partial charge in [-0.15, -0.1) is 0 Å². The molecule has 0 heterocycles. The van der Waals surface area contributed by atoms with Crippen molar-refractivity contribution in [3.05, 3.63) is 35.4 Å². The van der Waals surface area contributed by atoms with Crippen molar-refractivity contribution in [1.29, 1.82) is 0 Å². The molecule has 0 saturated carbocycles. The Hall–Kier alpha value is -1.39. The molecular weight excluding hydrogens is 230 g/mol. The molecule has 100 valence electrons. The first-order valence-corrected chi connectivity index (χ1v) is 6.12. The number of hydrogen-bond donors (Lipinski definition) is 1. The van der Waals surface area contributed by atoms with E-state index in [9.17, 15) is 4.79 Å². The van der Waals surface area contributed by atoms with Crippen molar-refractivity contribution >= 4 is 5.97 Å². The van der Waals surface area contributed by atoms with Gasteiger partial charge in [0.1, 0.15) is 0 Å². The van der Waals surface area contributed by atoms with Gasteiger partial charge in [0.15, 0.2) is 0 Å². The Kier molecular flexibility index (Phi) is 5.82. The van der Waals surface area contributed by atoms with Crippen molar-refractivity contribution in [3.8, 4) is 0 Å². The molecule has 4 heteroatoms. The highest BCUT2D eigenvalue weighted by Gasteiger charge is 2.10. The summed E-state index contributed by atoms with van der Waals surface area (Å²) >= 11 is 0. The van der Waals surface area contributed by atoms with Crippen molar-refractivity contribution in [2.45, 2.75) is 26.5 Å². The zero-order valence-corrected chi connectivity index (χ0v) is 11.2. The van der Waals surface area contributed by atoms with Crippen molar-refractivity contribution in [3.63, 3.8) is 0 Å². The minimum absolute atomic E-state index is 0.227. The molecule has 0 saturated heterocycles. The van der Waals surface area contributed by atoms with Gasteiger partial charge in [0, 0.05) is 13.1 Å². The first-order chi connectivity index (χ1) is 8.50. The van der Waals surface area contributed by atoms with Gasteiger partial charge in [0.05, 0.1) is 18.3 Å². The molecule has 0 amide bonds. The van der Waals surface area contributed by atoms with Crippen molar-refractivity contribution in [2.24, 2.45) is 0 Å². The van der Waals surface area contributed by atoms with Gasteiger partial charge >= 0.3 is 5.97 Å². The third-order valence-electron chi connectivity index (χ3n) is 2.61. The standard InChI is InChI=1S/C14H21NO3/c1-11(2)18-9-8-15(3)10-12-6-4-5-7-13(12)14(16)17/h4-7,11H,8-10H2,1-3H3,(H,16,17). The Morgan fingerprint density at radius 2 is 2.06 bits per heavy atom. The van der Waals surface area contributed by atoms with E-state index >= 15 is 0 Å². The topological polar surface area (TPSA) is 49.8 Å². The van der Waals surface area contributed by atoms with E-state index < -0.39 is 5.97 Å². The summed E-state index contributed by atoms with van der Waals surface area (Å²) in [5, 5.41) is 9.08. The molecular formula is C14H21NO3. The number of hydrogen-bond acceptors (Lipinski definition) is 3. The van der Waals surface area contributed by atoms with E-state index in [2.05, 4.69) is 4.90 Å². The molecule has 1 N–H and O–H groups in total. The maximum atomic E-state index is 11.1. The third-order valence-corrected chi connectivity index (χ3v) is 2.61. The maximum absolute atomic E-state index is 11.1. The average Bonchev–Trinajstić information content (AvgIpc) is 2.28. The van der Waals surface area contributed by atoms with Gasteiger partial charge in [0.25, 0.3) is 0 Å². The zero-order valence-electron chi connectivity index (χ0n) is 11.2. The summed E-state index contributed by atoms with van der Waals surface area (Å²) in [4.78, 5) is 13.1. The van der Waals surface area contributed by atoms with Gasteiger partial charge in [-0.3, -0.25) is 4.90 Å². The van der Waals surface area contributed by atoms with Crippen molar-refractivity contribution in [1.82, 2.24) is 4.90 Å². The molecule has 18 heavy (non-hydrogen) atoms. The number of benzene rings is 1. The van der Waals surface area contributed by atoms with Crippen molar-refractivity contribution in [2.75, 3.05) is 20.2 Å². The number of aromatic carboxylic acids is 1. The third kappa shape index (κ3) is 4.85. The Bertz CT molecular complexity index is 390. The molecule has 1 aromatic rings. The monoisotopic (exact) mass is 251 g/mol. The number of nitrogens with zero attached hydrogens (tertiary/aromatic N) is 1. The molecule has 0 aliphatic heterocycles. The van der Waals surface area contributed by atoms with Crippen LogP contribution in [0.1, 0.15) is 29.8 Å². The number of carboxylic acids is 1. The minimum atomic E-state index is -0.877. The molecule has 0 aromatic heterocycles. The summed E-state index contributed by atoms with van der Waals surface area (Å²) in [5.41, 5.74) is 1.20. The lowest BCUT2D eigenvalue weighted by atomic mass is 10.1. The SMILES string of the molecule is CC(C)OCCN(C)Cc1ccccc1C(=O)O. The van der Waals surface area contributed by atoms with Crippen LogP contribution in [0, 0.1) is 0 Å². The van der Waals surface area contributed by atoms with Crippen LogP contribution in [-0.2, 0) is 11.3 Å². The first-order valence-electron chi connectivity index (χ1n) is 6.12. The van der Waals surface area contributed by atoms with Gasteiger partial charge in [-0.05, 0) is 32.5 Å². The first kappa shape index (κ1) is 14.7. The van der Waals surface area contributed by atoms with E-state index in [1.54, 1.807) is 12.1 Å². The fourth-order valence-corrected chi connectivity index (χ4v) is 1.68. The molecule has 0 aliphatic carbocycles. The minimum Gasteiger partial charge on any atom is -0.478 e. The van der Waals surface area contributed by atoms with Crippen LogP contribution < -0.4 is 0 Å². The zero-order chi connectivity index (χ0) is 13.5. The molecule has 0 bridgehead atoms. The second kappa shape index (κ2) is 7.13. The largest absolute Gasteiger partial charge is 0.478 e. The van der Waals surface area contributed by atoms with Gasteiger partial charge in [-0.1, -0.05) is 18.2 Å². The maximum Gasteiger partial charge on any atom is 0.336 e. The van der Waals surface area contributed by atoms with Crippen LogP contribution in [0.3, 0.4) is 0 Å². The van der Waals surface area contributed by atoms with Crippen LogP contribution in [-0.4, -0.2) is 42.3 Å². The summed E-state index contributed by atoms with van der Waals surface area (Å²) in [6.45, 7) is 6.05. The van der Waals surface area contributed by atoms with Crippen molar-refractivity contribution < 1.29 is 14.6 Å². The fraction of sp³-hybridized carbons (Fsp3) is 0.500. The molecule has 4 nitrogen and oxygen atoms in total. The lowest BCUT2D eigenvalue weighted by Gasteiger charge is -2.18. The van der Waals surface area contributed by atoms with Gasteiger partial charge in [-0.25, -0.2) is 4.79 Å². The lowest BCUT2D eigenvalue weighted by Crippen LogP contribution is -2.24. The molecule has 1 rings (SSSR count). The van der Waals surface area contributed by atoms with E-state index in [1.165, 1.54) is 0 Å². The van der Waals surface area contributed by atoms with Gasteiger partial charge in [0.2, 0.25) is 0 Å². The predicted molar refractivity (Wildman–Crippen MR) is 70.8 cm³/mol. The van der Waals surface area contributed by atoms with Crippen LogP contribution in [0.15, 0.2) is 24.3 Å². The van der Waals surface area contributed by atoms with Crippen LogP contribution in [0.4, 0.5) is 0 Å². The molecule has 1 aromatic carbocycles. The van der Waals surface area contributed by atoms with E-state index in [-0.39, 0.29) is 6.10 Å². The highest BCUT2D eigenvalue weighted by Crippen LogP contribution is 2.10.